The van der Waals surface area contributed by atoms with E-state index in [1.807, 2.05) is 11.1 Å². The lowest BCUT2D eigenvalue weighted by Crippen LogP contribution is -2.47. The summed E-state index contributed by atoms with van der Waals surface area (Å²) in [5.41, 5.74) is 3.91. The van der Waals surface area contributed by atoms with Gasteiger partial charge >= 0.3 is 0 Å². The van der Waals surface area contributed by atoms with Crippen LogP contribution < -0.4 is 16.1 Å². The van der Waals surface area contributed by atoms with Crippen LogP contribution in [0.2, 0.25) is 0 Å². The Morgan fingerprint density at radius 3 is 3.23 bits per heavy atom. The predicted molar refractivity (Wildman–Crippen MR) is 48.8 cm³/mol. The van der Waals surface area contributed by atoms with Crippen molar-refractivity contribution in [1.29, 1.82) is 0 Å². The first-order valence-corrected chi connectivity index (χ1v) is 4.30. The predicted octanol–water partition coefficient (Wildman–Crippen LogP) is -1.43. The second-order valence-electron chi connectivity index (χ2n) is 3.05. The molecule has 0 aliphatic carbocycles. The van der Waals surface area contributed by atoms with Crippen molar-refractivity contribution in [3.63, 3.8) is 0 Å². The normalized spacial score (nSPS) is 24.0. The molecule has 0 amide bonds. The zero-order valence-corrected chi connectivity index (χ0v) is 7.04. The van der Waals surface area contributed by atoms with Gasteiger partial charge in [0.05, 0.1) is 5.70 Å². The van der Waals surface area contributed by atoms with Crippen LogP contribution in [0.3, 0.4) is 0 Å². The van der Waals surface area contributed by atoms with Crippen LogP contribution in [0, 0.1) is 0 Å². The Balaban J connectivity index is 1.98. The molecule has 0 aromatic carbocycles. The van der Waals surface area contributed by atoms with Crippen molar-refractivity contribution in [2.24, 2.45) is 10.2 Å². The monoisotopic (exact) mass is 178 g/mol. The third-order valence-corrected chi connectivity index (χ3v) is 2.16. The van der Waals surface area contributed by atoms with Crippen molar-refractivity contribution in [3.05, 3.63) is 11.8 Å². The van der Waals surface area contributed by atoms with Gasteiger partial charge < -0.3 is 10.6 Å². The maximum atomic E-state index is 4.38. The Labute approximate surface area is 75.4 Å². The topological polar surface area (TPSA) is 64.1 Å². The number of nitrogens with one attached hydrogen (secondary N) is 3. The van der Waals surface area contributed by atoms with Crippen molar-refractivity contribution in [2.45, 2.75) is 0 Å². The Kier molecular flexibility index (Phi) is 1.24. The van der Waals surface area contributed by atoms with Crippen LogP contribution in [-0.2, 0) is 0 Å². The number of piperazine rings is 1. The van der Waals surface area contributed by atoms with Gasteiger partial charge in [0, 0.05) is 19.2 Å². The van der Waals surface area contributed by atoms with E-state index in [9.17, 15) is 0 Å². The number of hydrogen-bond donors (Lipinski definition) is 3. The largest absolute Gasteiger partial charge is 0.380 e. The van der Waals surface area contributed by atoms with Crippen molar-refractivity contribution in [2.75, 3.05) is 19.8 Å². The lowest BCUT2D eigenvalue weighted by molar-refractivity contribution is 0.443. The van der Waals surface area contributed by atoms with Gasteiger partial charge in [-0.1, -0.05) is 0 Å². The molecule has 3 aliphatic heterocycles. The molecule has 0 spiro atoms. The van der Waals surface area contributed by atoms with E-state index in [1.54, 1.807) is 0 Å². The minimum atomic E-state index is 0.657. The smallest absolute Gasteiger partial charge is 0.172 e. The number of hydrogen-bond acceptors (Lipinski definition) is 6. The number of nitrogens with zero attached hydrogens (tertiary/aromatic N) is 3. The molecular formula is C7H10N6. The molecule has 0 atom stereocenters. The minimum absolute atomic E-state index is 0.657. The van der Waals surface area contributed by atoms with Crippen molar-refractivity contribution >= 4 is 11.7 Å². The summed E-state index contributed by atoms with van der Waals surface area (Å²) in [5.74, 6) is 1.78. The van der Waals surface area contributed by atoms with Crippen molar-refractivity contribution < 1.29 is 0 Å². The first-order chi connectivity index (χ1) is 6.43. The molecule has 1 saturated heterocycles. The SMILES string of the molecule is C1=C2NCCNC2=NN2CNN=C12. The maximum absolute atomic E-state index is 4.38. The van der Waals surface area contributed by atoms with Crippen molar-refractivity contribution in [3.8, 4) is 0 Å². The summed E-state index contributed by atoms with van der Waals surface area (Å²) in [6.07, 6.45) is 1.99. The van der Waals surface area contributed by atoms with E-state index in [-0.39, 0.29) is 0 Å². The fourth-order valence-electron chi connectivity index (χ4n) is 1.53. The highest BCUT2D eigenvalue weighted by Gasteiger charge is 2.24. The van der Waals surface area contributed by atoms with Crippen LogP contribution in [0.4, 0.5) is 0 Å². The zero-order valence-electron chi connectivity index (χ0n) is 7.04. The second-order valence-corrected chi connectivity index (χ2v) is 3.05. The van der Waals surface area contributed by atoms with E-state index in [0.29, 0.717) is 6.67 Å². The molecule has 0 radical (unpaired) electrons. The highest BCUT2D eigenvalue weighted by Crippen LogP contribution is 2.10. The van der Waals surface area contributed by atoms with Crippen LogP contribution in [-0.4, -0.2) is 36.4 Å². The van der Waals surface area contributed by atoms with Gasteiger partial charge in [0.1, 0.15) is 6.67 Å². The Hall–Kier alpha value is -1.72. The highest BCUT2D eigenvalue weighted by atomic mass is 15.6. The first kappa shape index (κ1) is 6.76. The summed E-state index contributed by atoms with van der Waals surface area (Å²) < 4.78 is 0. The summed E-state index contributed by atoms with van der Waals surface area (Å²) in [5, 5.41) is 16.8. The van der Waals surface area contributed by atoms with Crippen LogP contribution in [0.1, 0.15) is 0 Å². The molecule has 68 valence electrons. The Morgan fingerprint density at radius 1 is 1.31 bits per heavy atom. The molecule has 13 heavy (non-hydrogen) atoms. The molecule has 6 nitrogen and oxygen atoms in total. The number of fused-ring (bicyclic) bond motifs is 2. The van der Waals surface area contributed by atoms with Gasteiger partial charge in [0.25, 0.3) is 0 Å². The molecule has 3 heterocycles. The molecule has 0 unspecified atom stereocenters. The van der Waals surface area contributed by atoms with Gasteiger partial charge in [0.15, 0.2) is 11.7 Å². The lowest BCUT2D eigenvalue weighted by atomic mass is 10.2. The summed E-state index contributed by atoms with van der Waals surface area (Å²) in [7, 11) is 0. The summed E-state index contributed by atoms with van der Waals surface area (Å²) >= 11 is 0. The number of hydrazone groups is 2. The molecule has 6 heteroatoms. The average Bonchev–Trinajstić information content (AvgIpc) is 2.61. The summed E-state index contributed by atoms with van der Waals surface area (Å²) in [4.78, 5) is 0. The molecule has 3 aliphatic rings. The van der Waals surface area contributed by atoms with Gasteiger partial charge in [-0.2, -0.15) is 5.10 Å². The minimum Gasteiger partial charge on any atom is -0.380 e. The zero-order chi connectivity index (χ0) is 8.67. The van der Waals surface area contributed by atoms with Crippen molar-refractivity contribution in [1.82, 2.24) is 21.1 Å². The Morgan fingerprint density at radius 2 is 2.23 bits per heavy atom. The van der Waals surface area contributed by atoms with E-state index >= 15 is 0 Å². The number of amidine groups is 2. The van der Waals surface area contributed by atoms with Gasteiger partial charge in [-0.3, -0.25) is 5.43 Å². The molecule has 0 aromatic rings. The van der Waals surface area contributed by atoms with Crippen LogP contribution in [0.25, 0.3) is 0 Å². The van der Waals surface area contributed by atoms with Gasteiger partial charge in [-0.05, 0) is 0 Å². The van der Waals surface area contributed by atoms with Crippen LogP contribution in [0.5, 0.6) is 0 Å². The first-order valence-electron chi connectivity index (χ1n) is 4.30. The van der Waals surface area contributed by atoms with E-state index < -0.39 is 0 Å². The van der Waals surface area contributed by atoms with Gasteiger partial charge in [-0.25, -0.2) is 5.01 Å². The fourth-order valence-corrected chi connectivity index (χ4v) is 1.53. The highest BCUT2D eigenvalue weighted by molar-refractivity contribution is 6.09. The average molecular weight is 178 g/mol. The van der Waals surface area contributed by atoms with E-state index in [0.717, 1.165) is 30.5 Å². The summed E-state index contributed by atoms with van der Waals surface area (Å²) in [6, 6.07) is 0. The van der Waals surface area contributed by atoms with E-state index in [2.05, 4.69) is 26.3 Å². The fraction of sp³-hybridized carbons (Fsp3) is 0.429. The van der Waals surface area contributed by atoms with Crippen LogP contribution in [0.15, 0.2) is 22.0 Å². The van der Waals surface area contributed by atoms with Gasteiger partial charge in [-0.15, -0.1) is 5.10 Å². The lowest BCUT2D eigenvalue weighted by Gasteiger charge is -2.26. The standard InChI is InChI=1S/C7H10N6/c1-2-9-7-5(8-1)3-6-11-10-4-13(6)12-7/h3,8,10H,1-2,4H2,(H,9,12). The molecule has 0 bridgehead atoms. The third kappa shape index (κ3) is 0.947. The summed E-state index contributed by atoms with van der Waals surface area (Å²) in [6.45, 7) is 2.51. The van der Waals surface area contributed by atoms with E-state index in [4.69, 9.17) is 0 Å². The Bertz CT molecular complexity index is 328. The quantitative estimate of drug-likeness (QED) is 0.425. The molecule has 0 aromatic heterocycles. The number of rotatable bonds is 0. The molecule has 3 rings (SSSR count). The van der Waals surface area contributed by atoms with E-state index in [1.165, 1.54) is 0 Å². The van der Waals surface area contributed by atoms with Gasteiger partial charge in [0.2, 0.25) is 0 Å². The second kappa shape index (κ2) is 2.38. The third-order valence-electron chi connectivity index (χ3n) is 2.16. The molecule has 1 fully saturated rings. The molecule has 0 saturated carbocycles. The maximum Gasteiger partial charge on any atom is 0.172 e. The molecular weight excluding hydrogens is 168 g/mol. The molecule has 3 N–H and O–H groups in total. The van der Waals surface area contributed by atoms with Crippen LogP contribution >= 0.6 is 0 Å².